The number of carbonyl (C=O) groups excluding carboxylic acids is 3. The van der Waals surface area contributed by atoms with Crippen LogP contribution in [-0.2, 0) is 23.9 Å². The minimum absolute atomic E-state index is 0.0218. The van der Waals surface area contributed by atoms with Crippen LogP contribution in [-0.4, -0.2) is 29.4 Å². The summed E-state index contributed by atoms with van der Waals surface area (Å²) in [6, 6.07) is 0. The van der Waals surface area contributed by atoms with E-state index in [0.717, 1.165) is 38.5 Å². The normalized spacial score (nSPS) is 42.1. The third-order valence-electron chi connectivity index (χ3n) is 8.87. The molecule has 0 aromatic carbocycles. The number of hydrogen-bond acceptors (Lipinski definition) is 5. The molecule has 0 N–H and O–H groups in total. The Bertz CT molecular complexity index is 854. The molecule has 0 spiro atoms. The van der Waals surface area contributed by atoms with Crippen molar-refractivity contribution in [3.8, 4) is 0 Å². The van der Waals surface area contributed by atoms with Crippen LogP contribution in [0, 0.1) is 22.7 Å². The lowest BCUT2D eigenvalue weighted by Gasteiger charge is -2.56. The molecule has 3 saturated carbocycles. The summed E-state index contributed by atoms with van der Waals surface area (Å²) in [5, 5.41) is 0. The molecular weight excluding hydrogens is 380 g/mol. The number of fused-ring (bicyclic) bond motifs is 5. The van der Waals surface area contributed by atoms with Crippen molar-refractivity contribution in [2.24, 2.45) is 22.7 Å². The molecule has 0 amide bonds. The topological polar surface area (TPSA) is 69.7 Å². The number of esters is 2. The van der Waals surface area contributed by atoms with Gasteiger partial charge in [0.2, 0.25) is 0 Å². The predicted molar refractivity (Wildman–Crippen MR) is 112 cm³/mol. The maximum Gasteiger partial charge on any atom is 0.303 e. The van der Waals surface area contributed by atoms with Crippen LogP contribution < -0.4 is 0 Å². The number of Topliss-reactive ketones (excluding diaryl/α,β-unsaturated/α-hetero) is 1. The van der Waals surface area contributed by atoms with Crippen LogP contribution in [0.5, 0.6) is 0 Å². The number of carbonyl (C=O) groups is 3. The van der Waals surface area contributed by atoms with Gasteiger partial charge in [-0.05, 0) is 62.7 Å². The first-order chi connectivity index (χ1) is 14.0. The summed E-state index contributed by atoms with van der Waals surface area (Å²) in [5.74, 6) is 0.0857. The molecule has 0 radical (unpaired) electrons. The first-order valence-corrected chi connectivity index (χ1v) is 11.3. The maximum atomic E-state index is 12.8. The highest BCUT2D eigenvalue weighted by molar-refractivity contribution is 5.89. The summed E-state index contributed by atoms with van der Waals surface area (Å²) >= 11 is 0. The number of ether oxygens (including phenoxy) is 2. The SMILES string of the molecule is CC(=O)OC1CC[C@@]2(C)C(=CC=C3C2CC[C@@]2(C)C3CC[C@]2(OC(C)=O)C(C)=O)C1. The van der Waals surface area contributed by atoms with E-state index in [2.05, 4.69) is 26.0 Å². The smallest absolute Gasteiger partial charge is 0.303 e. The summed E-state index contributed by atoms with van der Waals surface area (Å²) in [6.45, 7) is 8.99. The average molecular weight is 415 g/mol. The van der Waals surface area contributed by atoms with Crippen molar-refractivity contribution in [1.29, 1.82) is 0 Å². The summed E-state index contributed by atoms with van der Waals surface area (Å²) in [6.07, 6.45) is 10.5. The fraction of sp³-hybridized carbons (Fsp3) is 0.720. The van der Waals surface area contributed by atoms with Crippen LogP contribution in [0.15, 0.2) is 23.3 Å². The van der Waals surface area contributed by atoms with Gasteiger partial charge in [0, 0.05) is 25.7 Å². The molecule has 0 aliphatic heterocycles. The zero-order valence-corrected chi connectivity index (χ0v) is 18.9. The fourth-order valence-electron chi connectivity index (χ4n) is 7.37. The van der Waals surface area contributed by atoms with Gasteiger partial charge in [0.1, 0.15) is 6.10 Å². The zero-order valence-electron chi connectivity index (χ0n) is 18.9. The lowest BCUT2D eigenvalue weighted by Crippen LogP contribution is -2.56. The van der Waals surface area contributed by atoms with Crippen LogP contribution in [0.4, 0.5) is 0 Å². The minimum atomic E-state index is -1.01. The molecule has 3 unspecified atom stereocenters. The van der Waals surface area contributed by atoms with E-state index in [1.807, 2.05) is 0 Å². The highest BCUT2D eigenvalue weighted by Gasteiger charge is 2.66. The molecule has 164 valence electrons. The van der Waals surface area contributed by atoms with Crippen molar-refractivity contribution in [2.45, 2.75) is 91.3 Å². The molecule has 0 bridgehead atoms. The molecular formula is C25H34O5. The van der Waals surface area contributed by atoms with E-state index in [1.54, 1.807) is 6.92 Å². The molecule has 0 aromatic heterocycles. The Hall–Kier alpha value is -1.91. The second-order valence-corrected chi connectivity index (χ2v) is 10.3. The molecule has 5 heteroatoms. The van der Waals surface area contributed by atoms with Gasteiger partial charge in [0.05, 0.1) is 0 Å². The molecule has 6 atom stereocenters. The molecule has 0 aromatic rings. The van der Waals surface area contributed by atoms with Gasteiger partial charge in [0.15, 0.2) is 11.4 Å². The van der Waals surface area contributed by atoms with Gasteiger partial charge in [-0.2, -0.15) is 0 Å². The molecule has 3 fully saturated rings. The molecule has 30 heavy (non-hydrogen) atoms. The van der Waals surface area contributed by atoms with Crippen molar-refractivity contribution in [3.05, 3.63) is 23.3 Å². The summed E-state index contributed by atoms with van der Waals surface area (Å²) in [5.41, 5.74) is 1.52. The Morgan fingerprint density at radius 2 is 1.60 bits per heavy atom. The second kappa shape index (κ2) is 7.06. The van der Waals surface area contributed by atoms with Crippen LogP contribution in [0.3, 0.4) is 0 Å². The molecule has 0 heterocycles. The van der Waals surface area contributed by atoms with E-state index in [1.165, 1.54) is 25.0 Å². The number of rotatable bonds is 3. The van der Waals surface area contributed by atoms with Crippen molar-refractivity contribution >= 4 is 17.7 Å². The van der Waals surface area contributed by atoms with Gasteiger partial charge < -0.3 is 9.47 Å². The van der Waals surface area contributed by atoms with E-state index >= 15 is 0 Å². The van der Waals surface area contributed by atoms with Gasteiger partial charge in [-0.15, -0.1) is 0 Å². The first-order valence-electron chi connectivity index (χ1n) is 11.3. The Morgan fingerprint density at radius 3 is 2.23 bits per heavy atom. The Labute approximate surface area is 179 Å². The van der Waals surface area contributed by atoms with Crippen molar-refractivity contribution in [1.82, 2.24) is 0 Å². The quantitative estimate of drug-likeness (QED) is 0.627. The van der Waals surface area contributed by atoms with Gasteiger partial charge in [0.25, 0.3) is 0 Å². The van der Waals surface area contributed by atoms with E-state index in [-0.39, 0.29) is 40.6 Å². The number of allylic oxidation sites excluding steroid dienone is 3. The van der Waals surface area contributed by atoms with Gasteiger partial charge in [-0.25, -0.2) is 0 Å². The lowest BCUT2D eigenvalue weighted by molar-refractivity contribution is -0.181. The minimum Gasteiger partial charge on any atom is -0.462 e. The van der Waals surface area contributed by atoms with Crippen LogP contribution in [0.1, 0.15) is 79.6 Å². The average Bonchev–Trinajstić information content (AvgIpc) is 2.94. The van der Waals surface area contributed by atoms with Crippen molar-refractivity contribution < 1.29 is 23.9 Å². The highest BCUT2D eigenvalue weighted by Crippen LogP contribution is 2.66. The Kier molecular flexibility index (Phi) is 5.02. The van der Waals surface area contributed by atoms with E-state index < -0.39 is 5.60 Å². The summed E-state index contributed by atoms with van der Waals surface area (Å²) < 4.78 is 11.3. The highest BCUT2D eigenvalue weighted by atomic mass is 16.6. The van der Waals surface area contributed by atoms with E-state index in [4.69, 9.17) is 9.47 Å². The van der Waals surface area contributed by atoms with Gasteiger partial charge in [-0.3, -0.25) is 14.4 Å². The molecule has 4 aliphatic rings. The molecule has 5 nitrogen and oxygen atoms in total. The monoisotopic (exact) mass is 414 g/mol. The predicted octanol–water partition coefficient (Wildman–Crippen LogP) is 4.69. The zero-order chi connectivity index (χ0) is 21.9. The van der Waals surface area contributed by atoms with E-state index in [9.17, 15) is 14.4 Å². The van der Waals surface area contributed by atoms with Crippen molar-refractivity contribution in [3.63, 3.8) is 0 Å². The first kappa shape index (κ1) is 21.3. The molecule has 0 saturated heterocycles. The third-order valence-corrected chi connectivity index (χ3v) is 8.87. The van der Waals surface area contributed by atoms with Gasteiger partial charge in [-0.1, -0.05) is 37.1 Å². The lowest BCUT2D eigenvalue weighted by atomic mass is 9.49. The second-order valence-electron chi connectivity index (χ2n) is 10.3. The largest absolute Gasteiger partial charge is 0.462 e. The van der Waals surface area contributed by atoms with Gasteiger partial charge >= 0.3 is 11.9 Å². The van der Waals surface area contributed by atoms with Crippen molar-refractivity contribution in [2.75, 3.05) is 0 Å². The summed E-state index contributed by atoms with van der Waals surface area (Å²) in [4.78, 5) is 36.1. The molecule has 4 aliphatic carbocycles. The Balaban J connectivity index is 1.68. The van der Waals surface area contributed by atoms with E-state index in [0.29, 0.717) is 12.3 Å². The Morgan fingerprint density at radius 1 is 0.900 bits per heavy atom. The van der Waals surface area contributed by atoms with Crippen LogP contribution in [0.25, 0.3) is 0 Å². The number of hydrogen-bond donors (Lipinski definition) is 0. The maximum absolute atomic E-state index is 12.8. The third kappa shape index (κ3) is 2.91. The standard InChI is InChI=1S/C25H34O5/c1-15(26)25(30-17(3)28)13-10-22-20-7-6-18-14-19(29-16(2)27)8-11-23(18,4)21(20)9-12-24(22,25)5/h6-7,19,21-22H,8-14H2,1-5H3/t19?,21?,22?,23-,24-,25-/m0/s1. The number of ketones is 1. The fourth-order valence-corrected chi connectivity index (χ4v) is 7.37. The molecule has 4 rings (SSSR count). The van der Waals surface area contributed by atoms with Crippen LogP contribution >= 0.6 is 0 Å². The van der Waals surface area contributed by atoms with Crippen LogP contribution in [0.2, 0.25) is 0 Å². The summed E-state index contributed by atoms with van der Waals surface area (Å²) in [7, 11) is 0.